The Hall–Kier alpha value is -4.17. The zero-order chi connectivity index (χ0) is 26.9. The first-order valence-corrected chi connectivity index (χ1v) is 13.6. The van der Waals surface area contributed by atoms with Gasteiger partial charge in [0.05, 0.1) is 30.8 Å². The van der Waals surface area contributed by atoms with E-state index in [-0.39, 0.29) is 28.9 Å². The summed E-state index contributed by atoms with van der Waals surface area (Å²) in [6.45, 7) is 2.18. The first-order valence-electron chi connectivity index (χ1n) is 12.2. The van der Waals surface area contributed by atoms with Crippen molar-refractivity contribution >= 4 is 15.7 Å². The molecule has 2 atom stereocenters. The van der Waals surface area contributed by atoms with Gasteiger partial charge < -0.3 is 19.3 Å². The Morgan fingerprint density at radius 1 is 0.816 bits per heavy atom. The minimum absolute atomic E-state index is 0.0449. The highest BCUT2D eigenvalue weighted by Crippen LogP contribution is 2.54. The minimum Gasteiger partial charge on any atom is -0.504 e. The van der Waals surface area contributed by atoms with Gasteiger partial charge in [-0.2, -0.15) is 0 Å². The lowest BCUT2D eigenvalue weighted by Crippen LogP contribution is -2.33. The van der Waals surface area contributed by atoms with E-state index in [2.05, 4.69) is 0 Å². The number of methoxy groups -OCH3 is 2. The van der Waals surface area contributed by atoms with Gasteiger partial charge in [0.2, 0.25) is 0 Å². The van der Waals surface area contributed by atoms with Crippen molar-refractivity contribution in [2.75, 3.05) is 18.5 Å². The number of rotatable bonds is 8. The summed E-state index contributed by atoms with van der Waals surface area (Å²) >= 11 is 0. The van der Waals surface area contributed by atoms with E-state index in [1.54, 1.807) is 68.8 Å². The van der Waals surface area contributed by atoms with Crippen LogP contribution in [0.5, 0.6) is 23.0 Å². The van der Waals surface area contributed by atoms with E-state index < -0.39 is 16.1 Å². The fourth-order valence-electron chi connectivity index (χ4n) is 4.95. The third-order valence-electron chi connectivity index (χ3n) is 6.85. The third kappa shape index (κ3) is 4.52. The molecule has 0 bridgehead atoms. The Kier molecular flexibility index (Phi) is 6.91. The quantitative estimate of drug-likeness (QED) is 0.298. The van der Waals surface area contributed by atoms with Crippen LogP contribution in [-0.2, 0) is 16.6 Å². The summed E-state index contributed by atoms with van der Waals surface area (Å²) < 4.78 is 46.6. The molecule has 7 nitrogen and oxygen atoms in total. The van der Waals surface area contributed by atoms with E-state index in [9.17, 15) is 13.5 Å². The lowest BCUT2D eigenvalue weighted by Gasteiger charge is -2.29. The summed E-state index contributed by atoms with van der Waals surface area (Å²) in [6.07, 6.45) is 0. The standard InChI is InChI=1S/C30H29NO6S/c1-20-24-17-26(32)28(37-19-21-10-6-4-7-11-21)18-25(24)31(38(33,34)23-12-8-5-9-13-23)30(20)22-14-15-27(35-2)29(16-22)36-3/h4-18,20,30,32H,19H2,1-3H3. The number of fused-ring (bicyclic) bond motifs is 1. The molecule has 0 saturated heterocycles. The molecule has 2 unspecified atom stereocenters. The van der Waals surface area contributed by atoms with Gasteiger partial charge in [-0.05, 0) is 47.0 Å². The van der Waals surface area contributed by atoms with Gasteiger partial charge in [0.1, 0.15) is 6.61 Å². The van der Waals surface area contributed by atoms with E-state index in [1.807, 2.05) is 43.3 Å². The second-order valence-corrected chi connectivity index (χ2v) is 10.9. The molecular formula is C30H29NO6S. The molecule has 4 aromatic carbocycles. The van der Waals surface area contributed by atoms with Crippen molar-refractivity contribution in [1.29, 1.82) is 0 Å². The van der Waals surface area contributed by atoms with E-state index in [4.69, 9.17) is 14.2 Å². The number of phenols is 1. The van der Waals surface area contributed by atoms with Crippen LogP contribution in [0.4, 0.5) is 5.69 Å². The maximum Gasteiger partial charge on any atom is 0.264 e. The molecule has 1 aliphatic heterocycles. The van der Waals surface area contributed by atoms with Gasteiger partial charge in [-0.1, -0.05) is 61.5 Å². The number of aromatic hydroxyl groups is 1. The molecule has 1 aliphatic rings. The molecule has 5 rings (SSSR count). The SMILES string of the molecule is COc1ccc(C2C(C)c3cc(O)c(OCc4ccccc4)cc3N2S(=O)(=O)c2ccccc2)cc1OC. The van der Waals surface area contributed by atoms with Crippen molar-refractivity contribution in [1.82, 2.24) is 0 Å². The first kappa shape index (κ1) is 25.5. The summed E-state index contributed by atoms with van der Waals surface area (Å²) in [4.78, 5) is 0.172. The number of hydrogen-bond donors (Lipinski definition) is 1. The summed E-state index contributed by atoms with van der Waals surface area (Å²) in [7, 11) is -0.894. The van der Waals surface area contributed by atoms with Gasteiger partial charge in [-0.15, -0.1) is 0 Å². The smallest absolute Gasteiger partial charge is 0.264 e. The molecule has 1 N–H and O–H groups in total. The molecule has 8 heteroatoms. The maximum absolute atomic E-state index is 14.1. The molecule has 4 aromatic rings. The Morgan fingerprint density at radius 2 is 1.47 bits per heavy atom. The van der Waals surface area contributed by atoms with Crippen LogP contribution in [0.25, 0.3) is 0 Å². The molecule has 0 aliphatic carbocycles. The fraction of sp³-hybridized carbons (Fsp3) is 0.200. The fourth-order valence-corrected chi connectivity index (χ4v) is 6.70. The van der Waals surface area contributed by atoms with Gasteiger partial charge in [0, 0.05) is 12.0 Å². The van der Waals surface area contributed by atoms with Crippen molar-refractivity contribution in [2.45, 2.75) is 30.4 Å². The molecular weight excluding hydrogens is 502 g/mol. The van der Waals surface area contributed by atoms with Crippen LogP contribution in [-0.4, -0.2) is 27.7 Å². The Morgan fingerprint density at radius 3 is 2.13 bits per heavy atom. The largest absolute Gasteiger partial charge is 0.504 e. The predicted molar refractivity (Wildman–Crippen MR) is 146 cm³/mol. The zero-order valence-corrected chi connectivity index (χ0v) is 22.2. The normalized spacial score (nSPS) is 16.7. The number of anilines is 1. The highest BCUT2D eigenvalue weighted by molar-refractivity contribution is 7.92. The number of benzene rings is 4. The molecule has 0 spiro atoms. The van der Waals surface area contributed by atoms with Gasteiger partial charge >= 0.3 is 0 Å². The van der Waals surface area contributed by atoms with Crippen LogP contribution in [0, 0.1) is 0 Å². The van der Waals surface area contributed by atoms with E-state index in [1.165, 1.54) is 4.31 Å². The predicted octanol–water partition coefficient (Wildman–Crippen LogP) is 6.04. The molecule has 0 fully saturated rings. The Labute approximate surface area is 222 Å². The topological polar surface area (TPSA) is 85.3 Å². The average molecular weight is 532 g/mol. The van der Waals surface area contributed by atoms with Crippen molar-refractivity contribution in [3.05, 3.63) is 108 Å². The monoisotopic (exact) mass is 531 g/mol. The van der Waals surface area contributed by atoms with Crippen LogP contribution in [0.2, 0.25) is 0 Å². The van der Waals surface area contributed by atoms with Crippen molar-refractivity contribution < 1.29 is 27.7 Å². The molecule has 0 amide bonds. The third-order valence-corrected chi connectivity index (χ3v) is 8.66. The maximum atomic E-state index is 14.1. The lowest BCUT2D eigenvalue weighted by molar-refractivity contribution is 0.289. The Balaban J connectivity index is 1.64. The molecule has 0 aromatic heterocycles. The first-order chi connectivity index (χ1) is 18.3. The zero-order valence-electron chi connectivity index (χ0n) is 21.4. The van der Waals surface area contributed by atoms with E-state index >= 15 is 0 Å². The summed E-state index contributed by atoms with van der Waals surface area (Å²) in [5.74, 6) is 0.930. The molecule has 1 heterocycles. The molecule has 38 heavy (non-hydrogen) atoms. The van der Waals surface area contributed by atoms with Crippen LogP contribution in [0.1, 0.15) is 35.6 Å². The minimum atomic E-state index is -3.99. The van der Waals surface area contributed by atoms with Gasteiger partial charge in [0.25, 0.3) is 10.0 Å². The highest BCUT2D eigenvalue weighted by Gasteiger charge is 2.45. The molecule has 0 radical (unpaired) electrons. The van der Waals surface area contributed by atoms with Crippen LogP contribution < -0.4 is 18.5 Å². The molecule has 196 valence electrons. The Bertz CT molecular complexity index is 1540. The van der Waals surface area contributed by atoms with E-state index in [0.29, 0.717) is 22.7 Å². The van der Waals surface area contributed by atoms with Crippen LogP contribution >= 0.6 is 0 Å². The van der Waals surface area contributed by atoms with Gasteiger partial charge in [-0.3, -0.25) is 4.31 Å². The highest BCUT2D eigenvalue weighted by atomic mass is 32.2. The summed E-state index contributed by atoms with van der Waals surface area (Å²) in [5.41, 5.74) is 2.82. The number of nitrogens with zero attached hydrogens (tertiary/aromatic N) is 1. The van der Waals surface area contributed by atoms with Crippen LogP contribution in [0.15, 0.2) is 95.9 Å². The van der Waals surface area contributed by atoms with E-state index in [0.717, 1.165) is 11.1 Å². The van der Waals surface area contributed by atoms with Gasteiger partial charge in [0.15, 0.2) is 23.0 Å². The van der Waals surface area contributed by atoms with Crippen molar-refractivity contribution in [3.63, 3.8) is 0 Å². The van der Waals surface area contributed by atoms with Gasteiger partial charge in [-0.25, -0.2) is 8.42 Å². The van der Waals surface area contributed by atoms with Crippen LogP contribution in [0.3, 0.4) is 0 Å². The number of ether oxygens (including phenoxy) is 3. The number of sulfonamides is 1. The van der Waals surface area contributed by atoms with Crippen molar-refractivity contribution in [3.8, 4) is 23.0 Å². The second-order valence-electron chi connectivity index (χ2n) is 9.11. The summed E-state index contributed by atoms with van der Waals surface area (Å²) in [5, 5.41) is 10.9. The second kappa shape index (κ2) is 10.3. The van der Waals surface area contributed by atoms with Crippen molar-refractivity contribution in [2.24, 2.45) is 0 Å². The average Bonchev–Trinajstić information content (AvgIpc) is 3.24. The lowest BCUT2D eigenvalue weighted by atomic mass is 9.92. The number of phenolic OH excluding ortho intramolecular Hbond substituents is 1. The molecule has 0 saturated carbocycles. The summed E-state index contributed by atoms with van der Waals surface area (Å²) in [6, 6.07) is 25.9. The number of hydrogen-bond acceptors (Lipinski definition) is 6.